The van der Waals surface area contributed by atoms with Gasteiger partial charge in [-0.2, -0.15) is 0 Å². The molecule has 0 bridgehead atoms. The van der Waals surface area contributed by atoms with E-state index in [4.69, 9.17) is 11.5 Å². The van der Waals surface area contributed by atoms with E-state index in [2.05, 4.69) is 22.9 Å². The summed E-state index contributed by atoms with van der Waals surface area (Å²) in [5.41, 5.74) is 14.1. The molecule has 0 aliphatic carbocycles. The first-order valence-corrected chi connectivity index (χ1v) is 6.80. The van der Waals surface area contributed by atoms with Gasteiger partial charge in [-0.3, -0.25) is 0 Å². The molecule has 0 saturated carbocycles. The van der Waals surface area contributed by atoms with E-state index in [0.29, 0.717) is 6.04 Å². The first-order chi connectivity index (χ1) is 9.15. The van der Waals surface area contributed by atoms with E-state index < -0.39 is 0 Å². The van der Waals surface area contributed by atoms with Crippen LogP contribution in [0.25, 0.3) is 10.8 Å². The molecule has 2 heterocycles. The van der Waals surface area contributed by atoms with Gasteiger partial charge in [0.1, 0.15) is 5.82 Å². The highest BCUT2D eigenvalue weighted by Gasteiger charge is 2.19. The first kappa shape index (κ1) is 12.2. The summed E-state index contributed by atoms with van der Waals surface area (Å²) in [4.78, 5) is 6.89. The molecule has 1 fully saturated rings. The molecule has 0 amide bonds. The zero-order valence-electron chi connectivity index (χ0n) is 11.3. The Bertz CT molecular complexity index is 600. The zero-order valence-corrected chi connectivity index (χ0v) is 11.3. The van der Waals surface area contributed by atoms with Gasteiger partial charge in [0.2, 0.25) is 0 Å². The molecule has 2 aromatic rings. The van der Waals surface area contributed by atoms with Crippen LogP contribution in [0.2, 0.25) is 0 Å². The zero-order chi connectivity index (χ0) is 13.4. The summed E-state index contributed by atoms with van der Waals surface area (Å²) >= 11 is 0. The van der Waals surface area contributed by atoms with E-state index in [1.807, 2.05) is 18.3 Å². The molecule has 19 heavy (non-hydrogen) atoms. The largest absolute Gasteiger partial charge is 0.398 e. The lowest BCUT2D eigenvalue weighted by Crippen LogP contribution is -2.40. The van der Waals surface area contributed by atoms with E-state index in [-0.39, 0.29) is 0 Å². The quantitative estimate of drug-likeness (QED) is 0.766. The van der Waals surface area contributed by atoms with Gasteiger partial charge in [-0.15, -0.1) is 0 Å². The van der Waals surface area contributed by atoms with Crippen molar-refractivity contribution in [2.75, 3.05) is 23.7 Å². The highest BCUT2D eigenvalue weighted by molar-refractivity contribution is 6.00. The summed E-state index contributed by atoms with van der Waals surface area (Å²) in [5, 5.41) is 2.24. The van der Waals surface area contributed by atoms with Crippen LogP contribution < -0.4 is 16.4 Å². The number of hydrogen-bond acceptors (Lipinski definition) is 4. The average Bonchev–Trinajstić information content (AvgIpc) is 2.39. The van der Waals surface area contributed by atoms with Crippen LogP contribution in [0.15, 0.2) is 24.4 Å². The molecular formula is C15H20N4. The Labute approximate surface area is 113 Å². The number of hydrogen-bond donors (Lipinski definition) is 2. The van der Waals surface area contributed by atoms with E-state index in [0.717, 1.165) is 48.2 Å². The van der Waals surface area contributed by atoms with Gasteiger partial charge in [-0.25, -0.2) is 4.98 Å². The predicted octanol–water partition coefficient (Wildman–Crippen LogP) is 2.05. The average molecular weight is 256 g/mol. The number of nitrogens with two attached hydrogens (primary N) is 2. The van der Waals surface area contributed by atoms with Crippen molar-refractivity contribution in [3.05, 3.63) is 30.0 Å². The van der Waals surface area contributed by atoms with Crippen LogP contribution in [0.4, 0.5) is 11.5 Å². The molecule has 4 N–H and O–H groups in total. The molecule has 0 atom stereocenters. The van der Waals surface area contributed by atoms with Gasteiger partial charge in [0.15, 0.2) is 0 Å². The minimum Gasteiger partial charge on any atom is -0.398 e. The minimum absolute atomic E-state index is 0.332. The lowest BCUT2D eigenvalue weighted by molar-refractivity contribution is 0.499. The maximum Gasteiger partial charge on any atom is 0.136 e. The van der Waals surface area contributed by atoms with Crippen molar-refractivity contribution in [2.24, 2.45) is 5.73 Å². The highest BCUT2D eigenvalue weighted by atomic mass is 15.2. The van der Waals surface area contributed by atoms with Crippen molar-refractivity contribution in [2.45, 2.75) is 25.8 Å². The van der Waals surface area contributed by atoms with Crippen molar-refractivity contribution in [3.63, 3.8) is 0 Å². The molecule has 1 aromatic carbocycles. The van der Waals surface area contributed by atoms with Gasteiger partial charge < -0.3 is 16.4 Å². The van der Waals surface area contributed by atoms with Crippen LogP contribution in [0.3, 0.4) is 0 Å². The van der Waals surface area contributed by atoms with E-state index >= 15 is 0 Å². The Morgan fingerprint density at radius 3 is 2.68 bits per heavy atom. The summed E-state index contributed by atoms with van der Waals surface area (Å²) in [7, 11) is 0. The standard InChI is InChI=1S/C15H20N4/c1-10-8-13-12(14(17)9-10)2-5-18-15(13)19-6-3-11(16)4-7-19/h2,5,8-9,11H,3-4,6-7,16-17H2,1H3. The SMILES string of the molecule is Cc1cc(N)c2ccnc(N3CCC(N)CC3)c2c1. The fraction of sp³-hybridized carbons (Fsp3) is 0.400. The van der Waals surface area contributed by atoms with Gasteiger partial charge >= 0.3 is 0 Å². The van der Waals surface area contributed by atoms with Crippen molar-refractivity contribution in [3.8, 4) is 0 Å². The third-order valence-electron chi connectivity index (χ3n) is 3.87. The summed E-state index contributed by atoms with van der Waals surface area (Å²) in [5.74, 6) is 1.04. The van der Waals surface area contributed by atoms with Crippen LogP contribution >= 0.6 is 0 Å². The molecule has 4 nitrogen and oxygen atoms in total. The number of benzene rings is 1. The predicted molar refractivity (Wildman–Crippen MR) is 80.3 cm³/mol. The lowest BCUT2D eigenvalue weighted by atomic mass is 10.0. The lowest BCUT2D eigenvalue weighted by Gasteiger charge is -2.31. The minimum atomic E-state index is 0.332. The number of aromatic nitrogens is 1. The number of rotatable bonds is 1. The van der Waals surface area contributed by atoms with E-state index in [9.17, 15) is 0 Å². The number of pyridine rings is 1. The van der Waals surface area contributed by atoms with Crippen LogP contribution in [-0.4, -0.2) is 24.1 Å². The summed E-state index contributed by atoms with van der Waals surface area (Å²) in [6.07, 6.45) is 3.90. The molecule has 0 spiro atoms. The van der Waals surface area contributed by atoms with Crippen molar-refractivity contribution >= 4 is 22.3 Å². The number of anilines is 2. The molecule has 3 rings (SSSR count). The van der Waals surface area contributed by atoms with Gasteiger partial charge in [-0.05, 0) is 43.5 Å². The second-order valence-corrected chi connectivity index (χ2v) is 5.41. The van der Waals surface area contributed by atoms with Gasteiger partial charge in [0.05, 0.1) is 0 Å². The summed E-state index contributed by atoms with van der Waals surface area (Å²) in [6, 6.07) is 6.50. The summed E-state index contributed by atoms with van der Waals surface area (Å²) in [6.45, 7) is 4.01. The first-order valence-electron chi connectivity index (χ1n) is 6.80. The van der Waals surface area contributed by atoms with Crippen LogP contribution in [0, 0.1) is 6.92 Å². The van der Waals surface area contributed by atoms with Crippen molar-refractivity contribution in [1.82, 2.24) is 4.98 Å². The second kappa shape index (κ2) is 4.70. The molecule has 0 radical (unpaired) electrons. The maximum absolute atomic E-state index is 6.11. The number of nitrogens with zero attached hydrogens (tertiary/aromatic N) is 2. The van der Waals surface area contributed by atoms with Crippen molar-refractivity contribution in [1.29, 1.82) is 0 Å². The molecule has 4 heteroatoms. The molecular weight excluding hydrogens is 236 g/mol. The second-order valence-electron chi connectivity index (χ2n) is 5.41. The molecule has 0 unspecified atom stereocenters. The molecule has 1 aliphatic heterocycles. The Kier molecular flexibility index (Phi) is 3.03. The van der Waals surface area contributed by atoms with E-state index in [1.54, 1.807) is 0 Å². The molecule has 100 valence electrons. The monoisotopic (exact) mass is 256 g/mol. The smallest absolute Gasteiger partial charge is 0.136 e. The van der Waals surface area contributed by atoms with Crippen LogP contribution in [0.1, 0.15) is 18.4 Å². The Morgan fingerprint density at radius 2 is 1.95 bits per heavy atom. The number of fused-ring (bicyclic) bond motifs is 1. The Morgan fingerprint density at radius 1 is 1.21 bits per heavy atom. The number of aryl methyl sites for hydroxylation is 1. The van der Waals surface area contributed by atoms with Crippen LogP contribution in [0.5, 0.6) is 0 Å². The third kappa shape index (κ3) is 2.24. The summed E-state index contributed by atoms with van der Waals surface area (Å²) < 4.78 is 0. The molecule has 1 aromatic heterocycles. The van der Waals surface area contributed by atoms with Gasteiger partial charge in [0.25, 0.3) is 0 Å². The number of nitrogen functional groups attached to an aromatic ring is 1. The highest BCUT2D eigenvalue weighted by Crippen LogP contribution is 2.30. The topological polar surface area (TPSA) is 68.2 Å². The normalized spacial score (nSPS) is 17.1. The number of piperidine rings is 1. The van der Waals surface area contributed by atoms with Crippen molar-refractivity contribution < 1.29 is 0 Å². The molecule has 1 saturated heterocycles. The molecule has 1 aliphatic rings. The third-order valence-corrected chi connectivity index (χ3v) is 3.87. The van der Waals surface area contributed by atoms with E-state index in [1.165, 1.54) is 5.56 Å². The van der Waals surface area contributed by atoms with Gasteiger partial charge in [0, 0.05) is 41.8 Å². The maximum atomic E-state index is 6.11. The fourth-order valence-electron chi connectivity index (χ4n) is 2.81. The Hall–Kier alpha value is -1.81. The van der Waals surface area contributed by atoms with Gasteiger partial charge in [-0.1, -0.05) is 0 Å². The fourth-order valence-corrected chi connectivity index (χ4v) is 2.81. The van der Waals surface area contributed by atoms with Crippen LogP contribution in [-0.2, 0) is 0 Å². The Balaban J connectivity index is 2.08.